The number of hydrogen-bond acceptors (Lipinski definition) is 1. The van der Waals surface area contributed by atoms with Gasteiger partial charge in [-0.25, -0.2) is 4.98 Å². The second-order valence-electron chi connectivity index (χ2n) is 3.15. The molecule has 0 aliphatic heterocycles. The Morgan fingerprint density at radius 3 is 2.93 bits per heavy atom. The van der Waals surface area contributed by atoms with Gasteiger partial charge in [0.05, 0.1) is 11.0 Å². The number of pyridine rings is 1. The van der Waals surface area contributed by atoms with Crippen molar-refractivity contribution < 1.29 is 0 Å². The summed E-state index contributed by atoms with van der Waals surface area (Å²) in [5.74, 6) is 0. The largest absolute Gasteiger partial charge is 0.299 e. The fraction of sp³-hybridized carbons (Fsp3) is 0. The van der Waals surface area contributed by atoms with E-state index in [0.29, 0.717) is 0 Å². The van der Waals surface area contributed by atoms with E-state index in [1.807, 2.05) is 42.6 Å². The minimum Gasteiger partial charge on any atom is -0.299 e. The summed E-state index contributed by atoms with van der Waals surface area (Å²) in [5.41, 5.74) is 3.13. The average Bonchev–Trinajstić information content (AvgIpc) is 2.57. The monoisotopic (exact) mass is 246 g/mol. The third kappa shape index (κ3) is 0.990. The fourth-order valence-corrected chi connectivity index (χ4v) is 2.22. The Morgan fingerprint density at radius 1 is 1.07 bits per heavy atom. The molecule has 0 aliphatic carbocycles. The molecule has 3 rings (SSSR count). The summed E-state index contributed by atoms with van der Waals surface area (Å²) < 4.78 is 3.16. The number of fused-ring (bicyclic) bond motifs is 3. The maximum absolute atomic E-state index is 4.51. The lowest BCUT2D eigenvalue weighted by atomic mass is 10.3. The zero-order valence-electron chi connectivity index (χ0n) is 7.31. The summed E-state index contributed by atoms with van der Waals surface area (Å²) >= 11 is 3.54. The van der Waals surface area contributed by atoms with Gasteiger partial charge in [-0.1, -0.05) is 12.1 Å². The van der Waals surface area contributed by atoms with Crippen molar-refractivity contribution in [2.45, 2.75) is 0 Å². The lowest BCUT2D eigenvalue weighted by Gasteiger charge is -1.95. The lowest BCUT2D eigenvalue weighted by molar-refractivity contribution is 1.22. The van der Waals surface area contributed by atoms with Crippen molar-refractivity contribution in [3.05, 3.63) is 47.1 Å². The van der Waals surface area contributed by atoms with E-state index in [0.717, 1.165) is 21.2 Å². The molecule has 0 fully saturated rings. The van der Waals surface area contributed by atoms with Crippen LogP contribution in [0.15, 0.2) is 47.1 Å². The third-order valence-electron chi connectivity index (χ3n) is 2.28. The Balaban J connectivity index is 2.65. The van der Waals surface area contributed by atoms with Gasteiger partial charge in [-0.05, 0) is 40.2 Å². The smallest absolute Gasteiger partial charge is 0.137 e. The average molecular weight is 247 g/mol. The molecule has 68 valence electrons. The second-order valence-corrected chi connectivity index (χ2v) is 4.00. The number of nitrogens with zero attached hydrogens (tertiary/aromatic N) is 2. The molecular weight excluding hydrogens is 240 g/mol. The number of aromatic nitrogens is 2. The molecule has 14 heavy (non-hydrogen) atoms. The highest BCUT2D eigenvalue weighted by Gasteiger charge is 2.05. The van der Waals surface area contributed by atoms with Gasteiger partial charge in [-0.2, -0.15) is 0 Å². The number of hydrogen-bond donors (Lipinski definition) is 0. The third-order valence-corrected chi connectivity index (χ3v) is 2.92. The molecular formula is C11H7BrN2. The molecule has 0 N–H and O–H groups in total. The van der Waals surface area contributed by atoms with Crippen molar-refractivity contribution in [1.82, 2.24) is 9.38 Å². The van der Waals surface area contributed by atoms with Crippen molar-refractivity contribution in [2.24, 2.45) is 0 Å². The van der Waals surface area contributed by atoms with Crippen LogP contribution in [0.4, 0.5) is 0 Å². The second kappa shape index (κ2) is 2.82. The molecule has 3 heteroatoms. The fourth-order valence-electron chi connectivity index (χ4n) is 1.67. The van der Waals surface area contributed by atoms with Crippen LogP contribution in [0, 0.1) is 0 Å². The van der Waals surface area contributed by atoms with E-state index >= 15 is 0 Å². The van der Waals surface area contributed by atoms with Crippen molar-refractivity contribution >= 4 is 32.6 Å². The standard InChI is InChI=1S/C11H7BrN2/c12-8-4-3-5-9-11(8)14-7-2-1-6-10(14)13-9/h1-7H. The Kier molecular flexibility index (Phi) is 1.61. The molecule has 3 aromatic rings. The minimum absolute atomic E-state index is 0.981. The van der Waals surface area contributed by atoms with Gasteiger partial charge in [0.2, 0.25) is 0 Å². The first-order chi connectivity index (χ1) is 6.86. The normalized spacial score (nSPS) is 11.2. The van der Waals surface area contributed by atoms with Gasteiger partial charge in [0.1, 0.15) is 5.65 Å². The van der Waals surface area contributed by atoms with Crippen LogP contribution in [0.5, 0.6) is 0 Å². The summed E-state index contributed by atoms with van der Waals surface area (Å²) in [5, 5.41) is 0. The van der Waals surface area contributed by atoms with Crippen LogP contribution in [0.1, 0.15) is 0 Å². The Labute approximate surface area is 89.3 Å². The summed E-state index contributed by atoms with van der Waals surface area (Å²) in [4.78, 5) is 4.51. The van der Waals surface area contributed by atoms with Crippen LogP contribution in [0.3, 0.4) is 0 Å². The zero-order chi connectivity index (χ0) is 9.54. The quantitative estimate of drug-likeness (QED) is 0.596. The summed E-state index contributed by atoms with van der Waals surface area (Å²) in [6.45, 7) is 0. The van der Waals surface area contributed by atoms with E-state index in [1.165, 1.54) is 0 Å². The van der Waals surface area contributed by atoms with Gasteiger partial charge in [-0.15, -0.1) is 0 Å². The Morgan fingerprint density at radius 2 is 2.00 bits per heavy atom. The SMILES string of the molecule is Brc1cccc2nc3ccccn3c12. The molecule has 1 aromatic carbocycles. The molecule has 0 saturated carbocycles. The predicted octanol–water partition coefficient (Wildman–Crippen LogP) is 3.25. The summed E-state index contributed by atoms with van der Waals surface area (Å²) in [6.07, 6.45) is 2.02. The molecule has 0 spiro atoms. The van der Waals surface area contributed by atoms with Crippen LogP contribution in [-0.4, -0.2) is 9.38 Å². The Bertz CT molecular complexity index is 613. The van der Waals surface area contributed by atoms with Crippen LogP contribution in [-0.2, 0) is 0 Å². The first-order valence-corrected chi connectivity index (χ1v) is 5.17. The number of rotatable bonds is 0. The van der Waals surface area contributed by atoms with Gasteiger partial charge in [0.25, 0.3) is 0 Å². The molecule has 0 bridgehead atoms. The lowest BCUT2D eigenvalue weighted by Crippen LogP contribution is -1.82. The van der Waals surface area contributed by atoms with E-state index in [-0.39, 0.29) is 0 Å². The van der Waals surface area contributed by atoms with Crippen LogP contribution in [0.25, 0.3) is 16.7 Å². The number of halogens is 1. The maximum Gasteiger partial charge on any atom is 0.137 e. The molecule has 0 amide bonds. The highest BCUT2D eigenvalue weighted by atomic mass is 79.9. The zero-order valence-corrected chi connectivity index (χ0v) is 8.90. The van der Waals surface area contributed by atoms with Gasteiger partial charge in [0.15, 0.2) is 0 Å². The van der Waals surface area contributed by atoms with E-state index in [2.05, 4.69) is 25.3 Å². The molecule has 0 saturated heterocycles. The minimum atomic E-state index is 0.981. The first-order valence-electron chi connectivity index (χ1n) is 4.37. The van der Waals surface area contributed by atoms with Gasteiger partial charge < -0.3 is 0 Å². The molecule has 0 radical (unpaired) electrons. The van der Waals surface area contributed by atoms with E-state index < -0.39 is 0 Å². The molecule has 0 aliphatic rings. The molecule has 2 aromatic heterocycles. The topological polar surface area (TPSA) is 17.3 Å². The van der Waals surface area contributed by atoms with Crippen molar-refractivity contribution in [2.75, 3.05) is 0 Å². The molecule has 0 unspecified atom stereocenters. The van der Waals surface area contributed by atoms with E-state index in [9.17, 15) is 0 Å². The highest BCUT2D eigenvalue weighted by Crippen LogP contribution is 2.24. The van der Waals surface area contributed by atoms with Gasteiger partial charge in [0, 0.05) is 10.7 Å². The predicted molar refractivity (Wildman–Crippen MR) is 60.4 cm³/mol. The molecule has 0 atom stereocenters. The number of benzene rings is 1. The van der Waals surface area contributed by atoms with E-state index in [4.69, 9.17) is 0 Å². The van der Waals surface area contributed by atoms with Crippen molar-refractivity contribution in [3.63, 3.8) is 0 Å². The maximum atomic E-state index is 4.51. The Hall–Kier alpha value is -1.35. The first kappa shape index (κ1) is 8.00. The number of imidazole rings is 1. The van der Waals surface area contributed by atoms with Crippen molar-refractivity contribution in [1.29, 1.82) is 0 Å². The molecule has 2 heterocycles. The van der Waals surface area contributed by atoms with Crippen molar-refractivity contribution in [3.8, 4) is 0 Å². The van der Waals surface area contributed by atoms with E-state index in [1.54, 1.807) is 0 Å². The summed E-state index contributed by atoms with van der Waals surface area (Å²) in [6, 6.07) is 12.1. The van der Waals surface area contributed by atoms with Gasteiger partial charge in [-0.3, -0.25) is 4.40 Å². The molecule has 2 nitrogen and oxygen atoms in total. The van der Waals surface area contributed by atoms with Crippen LogP contribution in [0.2, 0.25) is 0 Å². The number of para-hydroxylation sites is 1. The van der Waals surface area contributed by atoms with Crippen LogP contribution < -0.4 is 0 Å². The van der Waals surface area contributed by atoms with Crippen LogP contribution >= 0.6 is 15.9 Å². The summed E-state index contributed by atoms with van der Waals surface area (Å²) in [7, 11) is 0. The van der Waals surface area contributed by atoms with Gasteiger partial charge >= 0.3 is 0 Å². The highest BCUT2D eigenvalue weighted by molar-refractivity contribution is 9.10.